The summed E-state index contributed by atoms with van der Waals surface area (Å²) in [6.45, 7) is 4.91. The van der Waals surface area contributed by atoms with E-state index in [4.69, 9.17) is 23.2 Å². The predicted octanol–water partition coefficient (Wildman–Crippen LogP) is 2.69. The van der Waals surface area contributed by atoms with Gasteiger partial charge in [0, 0.05) is 37.1 Å². The van der Waals surface area contributed by atoms with E-state index in [0.29, 0.717) is 32.4 Å². The van der Waals surface area contributed by atoms with E-state index in [-0.39, 0.29) is 45.8 Å². The number of rotatable bonds is 6. The molecule has 0 unspecified atom stereocenters. The van der Waals surface area contributed by atoms with Crippen LogP contribution in [-0.2, 0) is 19.6 Å². The highest BCUT2D eigenvalue weighted by molar-refractivity contribution is 7.89. The van der Waals surface area contributed by atoms with Gasteiger partial charge in [0.05, 0.1) is 5.02 Å². The van der Waals surface area contributed by atoms with Gasteiger partial charge in [-0.3, -0.25) is 9.59 Å². The molecule has 1 aromatic carbocycles. The molecule has 1 aromatic rings. The zero-order chi connectivity index (χ0) is 21.9. The summed E-state index contributed by atoms with van der Waals surface area (Å²) in [7, 11) is -3.80. The summed E-state index contributed by atoms with van der Waals surface area (Å²) in [5, 5.41) is 3.16. The molecule has 0 aliphatic carbocycles. The molecule has 10 heteroatoms. The molecule has 0 aromatic heterocycles. The van der Waals surface area contributed by atoms with Gasteiger partial charge in [0.25, 0.3) is 0 Å². The lowest BCUT2D eigenvalue weighted by Crippen LogP contribution is -2.50. The number of carbonyl (C=O) groups is 2. The van der Waals surface area contributed by atoms with E-state index in [2.05, 4.69) is 11.9 Å². The van der Waals surface area contributed by atoms with Crippen LogP contribution in [0.5, 0.6) is 0 Å². The van der Waals surface area contributed by atoms with Gasteiger partial charge >= 0.3 is 0 Å². The molecule has 0 bridgehead atoms. The van der Waals surface area contributed by atoms with Crippen LogP contribution in [0.4, 0.5) is 0 Å². The Morgan fingerprint density at radius 2 is 1.87 bits per heavy atom. The first-order chi connectivity index (χ1) is 14.3. The Hall–Kier alpha value is -1.61. The Labute approximate surface area is 187 Å². The van der Waals surface area contributed by atoms with Crippen molar-refractivity contribution >= 4 is 45.0 Å². The summed E-state index contributed by atoms with van der Waals surface area (Å²) in [6, 6.07) is 3.86. The van der Waals surface area contributed by atoms with Crippen molar-refractivity contribution in [1.82, 2.24) is 14.5 Å². The maximum absolute atomic E-state index is 13.0. The molecule has 30 heavy (non-hydrogen) atoms. The largest absolute Gasteiger partial charge is 0.351 e. The molecule has 2 amide bonds. The Bertz CT molecular complexity index is 930. The molecular weight excluding hydrogens is 449 g/mol. The number of amides is 2. The standard InChI is InChI=1S/C20H25Cl2N3O4S/c1-2-9-23-19(26)17-4-3-10-25(17)20(27)14-7-11-24(12-8-14)30(28,29)18-13-15(21)5-6-16(18)22/h2,5-6,13-14,17H,1,3-4,7-12H2,(H,23,26)/t17-/m1/s1. The van der Waals surface area contributed by atoms with Crippen molar-refractivity contribution in [2.24, 2.45) is 5.92 Å². The lowest BCUT2D eigenvalue weighted by Gasteiger charge is -2.34. The number of hydrogen-bond donors (Lipinski definition) is 1. The predicted molar refractivity (Wildman–Crippen MR) is 116 cm³/mol. The molecule has 2 aliphatic heterocycles. The number of benzene rings is 1. The summed E-state index contributed by atoms with van der Waals surface area (Å²) in [5.74, 6) is -0.556. The first-order valence-electron chi connectivity index (χ1n) is 9.90. The lowest BCUT2D eigenvalue weighted by atomic mass is 9.96. The fourth-order valence-electron chi connectivity index (χ4n) is 3.99. The summed E-state index contributed by atoms with van der Waals surface area (Å²) in [4.78, 5) is 27.0. The molecule has 0 saturated carbocycles. The van der Waals surface area contributed by atoms with Crippen LogP contribution in [-0.4, -0.2) is 61.7 Å². The molecule has 0 radical (unpaired) electrons. The second-order valence-electron chi connectivity index (χ2n) is 7.48. The van der Waals surface area contributed by atoms with E-state index in [1.165, 1.54) is 22.5 Å². The molecule has 2 fully saturated rings. The lowest BCUT2D eigenvalue weighted by molar-refractivity contribution is -0.142. The van der Waals surface area contributed by atoms with E-state index >= 15 is 0 Å². The minimum atomic E-state index is -3.80. The number of nitrogens with zero attached hydrogens (tertiary/aromatic N) is 2. The number of piperidine rings is 1. The van der Waals surface area contributed by atoms with Crippen LogP contribution in [0.2, 0.25) is 10.0 Å². The minimum Gasteiger partial charge on any atom is -0.351 e. The quantitative estimate of drug-likeness (QED) is 0.643. The third kappa shape index (κ3) is 4.82. The molecule has 1 atom stereocenters. The van der Waals surface area contributed by atoms with Gasteiger partial charge in [0.1, 0.15) is 10.9 Å². The molecule has 2 aliphatic rings. The second-order valence-corrected chi connectivity index (χ2v) is 10.2. The van der Waals surface area contributed by atoms with E-state index in [1.807, 2.05) is 0 Å². The number of sulfonamides is 1. The molecule has 2 saturated heterocycles. The molecule has 7 nitrogen and oxygen atoms in total. The average Bonchev–Trinajstić information content (AvgIpc) is 3.23. The van der Waals surface area contributed by atoms with Crippen molar-refractivity contribution < 1.29 is 18.0 Å². The highest BCUT2D eigenvalue weighted by Crippen LogP contribution is 2.31. The summed E-state index contributed by atoms with van der Waals surface area (Å²) in [6.07, 6.45) is 3.80. The fourth-order valence-corrected chi connectivity index (χ4v) is 6.19. The number of carbonyl (C=O) groups excluding carboxylic acids is 2. The van der Waals surface area contributed by atoms with Gasteiger partial charge in [-0.1, -0.05) is 29.3 Å². The maximum atomic E-state index is 13.0. The Morgan fingerprint density at radius 3 is 2.53 bits per heavy atom. The van der Waals surface area contributed by atoms with Gasteiger partial charge in [-0.05, 0) is 43.9 Å². The topological polar surface area (TPSA) is 86.8 Å². The van der Waals surface area contributed by atoms with Gasteiger partial charge in [0.15, 0.2) is 0 Å². The third-order valence-electron chi connectivity index (χ3n) is 5.57. The zero-order valence-corrected chi connectivity index (χ0v) is 18.8. The first kappa shape index (κ1) is 23.1. The van der Waals surface area contributed by atoms with Crippen LogP contribution >= 0.6 is 23.2 Å². The highest BCUT2D eigenvalue weighted by atomic mass is 35.5. The monoisotopic (exact) mass is 473 g/mol. The fraction of sp³-hybridized carbons (Fsp3) is 0.500. The van der Waals surface area contributed by atoms with E-state index < -0.39 is 16.1 Å². The van der Waals surface area contributed by atoms with Gasteiger partial charge < -0.3 is 10.2 Å². The Morgan fingerprint density at radius 1 is 1.17 bits per heavy atom. The van der Waals surface area contributed by atoms with Crippen molar-refractivity contribution in [1.29, 1.82) is 0 Å². The molecule has 1 N–H and O–H groups in total. The first-order valence-corrected chi connectivity index (χ1v) is 12.1. The highest BCUT2D eigenvalue weighted by Gasteiger charge is 2.39. The van der Waals surface area contributed by atoms with Crippen molar-refractivity contribution in [2.75, 3.05) is 26.2 Å². The number of nitrogens with one attached hydrogen (secondary N) is 1. The number of halogens is 2. The summed E-state index contributed by atoms with van der Waals surface area (Å²) < 4.78 is 27.3. The van der Waals surface area contributed by atoms with Gasteiger partial charge in [-0.15, -0.1) is 6.58 Å². The van der Waals surface area contributed by atoms with Crippen LogP contribution < -0.4 is 5.32 Å². The van der Waals surface area contributed by atoms with E-state index in [9.17, 15) is 18.0 Å². The third-order valence-corrected chi connectivity index (χ3v) is 8.19. The molecule has 2 heterocycles. The van der Waals surface area contributed by atoms with Crippen LogP contribution in [0.3, 0.4) is 0 Å². The van der Waals surface area contributed by atoms with Crippen LogP contribution in [0.25, 0.3) is 0 Å². The van der Waals surface area contributed by atoms with Gasteiger partial charge in [0.2, 0.25) is 21.8 Å². The van der Waals surface area contributed by atoms with Crippen LogP contribution in [0, 0.1) is 5.92 Å². The average molecular weight is 474 g/mol. The summed E-state index contributed by atoms with van der Waals surface area (Å²) >= 11 is 12.0. The Balaban J connectivity index is 1.65. The van der Waals surface area contributed by atoms with E-state index in [0.717, 1.165) is 6.42 Å². The SMILES string of the molecule is C=CCNC(=O)[C@H]1CCCN1C(=O)C1CCN(S(=O)(=O)c2cc(Cl)ccc2Cl)CC1. The minimum absolute atomic E-state index is 0.0278. The van der Waals surface area contributed by atoms with Gasteiger partial charge in [-0.2, -0.15) is 4.31 Å². The second kappa shape index (κ2) is 9.68. The normalized spacial score (nSPS) is 20.9. The van der Waals surface area contributed by atoms with Crippen molar-refractivity contribution in [3.05, 3.63) is 40.9 Å². The number of likely N-dealkylation sites (tertiary alicyclic amines) is 1. The van der Waals surface area contributed by atoms with E-state index in [1.54, 1.807) is 11.0 Å². The Kier molecular flexibility index (Phi) is 7.44. The smallest absolute Gasteiger partial charge is 0.244 e. The molecular formula is C20H25Cl2N3O4S. The number of hydrogen-bond acceptors (Lipinski definition) is 4. The molecule has 164 valence electrons. The van der Waals surface area contributed by atoms with Crippen LogP contribution in [0.15, 0.2) is 35.7 Å². The van der Waals surface area contributed by atoms with Crippen molar-refractivity contribution in [3.63, 3.8) is 0 Å². The zero-order valence-electron chi connectivity index (χ0n) is 16.5. The van der Waals surface area contributed by atoms with Gasteiger partial charge in [-0.25, -0.2) is 8.42 Å². The molecule has 0 spiro atoms. The van der Waals surface area contributed by atoms with Crippen molar-refractivity contribution in [3.8, 4) is 0 Å². The summed E-state index contributed by atoms with van der Waals surface area (Å²) in [5.41, 5.74) is 0. The molecule has 3 rings (SSSR count). The van der Waals surface area contributed by atoms with Crippen molar-refractivity contribution in [2.45, 2.75) is 36.6 Å². The maximum Gasteiger partial charge on any atom is 0.244 e. The van der Waals surface area contributed by atoms with Crippen LogP contribution in [0.1, 0.15) is 25.7 Å².